The highest BCUT2D eigenvalue weighted by molar-refractivity contribution is 9.10. The zero-order valence-electron chi connectivity index (χ0n) is 11.4. The van der Waals surface area contributed by atoms with Crippen molar-refractivity contribution in [2.75, 3.05) is 11.9 Å². The van der Waals surface area contributed by atoms with E-state index in [1.165, 1.54) is 4.68 Å². The van der Waals surface area contributed by atoms with Crippen molar-refractivity contribution in [1.29, 1.82) is 0 Å². The van der Waals surface area contributed by atoms with Gasteiger partial charge < -0.3 is 10.1 Å². The molecule has 1 saturated carbocycles. The van der Waals surface area contributed by atoms with Gasteiger partial charge in [0.05, 0.1) is 18.0 Å². The first-order chi connectivity index (χ1) is 9.15. The van der Waals surface area contributed by atoms with E-state index in [2.05, 4.69) is 26.3 Å². The Kier molecular flexibility index (Phi) is 4.99. The molecule has 1 aromatic rings. The van der Waals surface area contributed by atoms with E-state index in [0.717, 1.165) is 31.6 Å². The van der Waals surface area contributed by atoms with Gasteiger partial charge in [0, 0.05) is 19.2 Å². The summed E-state index contributed by atoms with van der Waals surface area (Å²) in [6.07, 6.45) is 4.94. The van der Waals surface area contributed by atoms with Crippen LogP contribution in [0, 0.1) is 0 Å². The monoisotopic (exact) mass is 329 g/mol. The zero-order valence-corrected chi connectivity index (χ0v) is 12.9. The first kappa shape index (κ1) is 14.5. The normalized spacial score (nSPS) is 22.1. The molecule has 2 rings (SSSR count). The number of aryl methyl sites for hydroxylation is 1. The van der Waals surface area contributed by atoms with Gasteiger partial charge in [-0.3, -0.25) is 4.79 Å². The second kappa shape index (κ2) is 6.52. The SMILES string of the molecule is CCCn1ncc(NC2CC(OCC)C2)c(Br)c1=O. The summed E-state index contributed by atoms with van der Waals surface area (Å²) in [5.41, 5.74) is 0.699. The smallest absolute Gasteiger partial charge is 0.283 e. The number of nitrogens with zero attached hydrogens (tertiary/aromatic N) is 2. The number of anilines is 1. The molecule has 0 spiro atoms. The molecule has 5 nitrogen and oxygen atoms in total. The Morgan fingerprint density at radius 2 is 2.26 bits per heavy atom. The van der Waals surface area contributed by atoms with Gasteiger partial charge in [-0.1, -0.05) is 6.92 Å². The van der Waals surface area contributed by atoms with E-state index in [-0.39, 0.29) is 5.56 Å². The Balaban J connectivity index is 1.99. The van der Waals surface area contributed by atoms with E-state index in [9.17, 15) is 4.79 Å². The quantitative estimate of drug-likeness (QED) is 0.870. The van der Waals surface area contributed by atoms with Crippen LogP contribution in [-0.4, -0.2) is 28.5 Å². The fraction of sp³-hybridized carbons (Fsp3) is 0.692. The zero-order chi connectivity index (χ0) is 13.8. The van der Waals surface area contributed by atoms with Crippen LogP contribution in [0.2, 0.25) is 0 Å². The van der Waals surface area contributed by atoms with Crippen molar-refractivity contribution in [3.05, 3.63) is 21.0 Å². The molecule has 1 aliphatic rings. The van der Waals surface area contributed by atoms with Crippen molar-refractivity contribution < 1.29 is 4.74 Å². The standard InChI is InChI=1S/C13H20BrN3O2/c1-3-5-17-13(18)12(14)11(8-15-17)16-9-6-10(7-9)19-4-2/h8-10,16H,3-7H2,1-2H3. The summed E-state index contributed by atoms with van der Waals surface area (Å²) < 4.78 is 7.57. The second-order valence-electron chi connectivity index (χ2n) is 4.79. The van der Waals surface area contributed by atoms with Crippen LogP contribution in [0.15, 0.2) is 15.5 Å². The number of aromatic nitrogens is 2. The summed E-state index contributed by atoms with van der Waals surface area (Å²) >= 11 is 3.36. The summed E-state index contributed by atoms with van der Waals surface area (Å²) in [6, 6.07) is 0.371. The average molecular weight is 330 g/mol. The van der Waals surface area contributed by atoms with E-state index in [1.807, 2.05) is 13.8 Å². The lowest BCUT2D eigenvalue weighted by Gasteiger charge is -2.36. The van der Waals surface area contributed by atoms with Gasteiger partial charge in [0.15, 0.2) is 0 Å². The van der Waals surface area contributed by atoms with Crippen molar-refractivity contribution in [2.24, 2.45) is 0 Å². The largest absolute Gasteiger partial charge is 0.380 e. The maximum Gasteiger partial charge on any atom is 0.283 e. The highest BCUT2D eigenvalue weighted by Gasteiger charge is 2.30. The fourth-order valence-electron chi connectivity index (χ4n) is 2.21. The van der Waals surface area contributed by atoms with Crippen LogP contribution >= 0.6 is 15.9 Å². The van der Waals surface area contributed by atoms with E-state index < -0.39 is 0 Å². The summed E-state index contributed by atoms with van der Waals surface area (Å²) in [7, 11) is 0. The molecule has 0 aromatic carbocycles. The highest BCUT2D eigenvalue weighted by Crippen LogP contribution is 2.28. The van der Waals surface area contributed by atoms with Crippen molar-refractivity contribution in [2.45, 2.75) is 51.8 Å². The minimum Gasteiger partial charge on any atom is -0.380 e. The molecule has 1 N–H and O–H groups in total. The molecule has 1 fully saturated rings. The number of hydrogen-bond donors (Lipinski definition) is 1. The molecule has 6 heteroatoms. The third-order valence-corrected chi connectivity index (χ3v) is 4.04. The lowest BCUT2D eigenvalue weighted by atomic mass is 9.89. The number of rotatable bonds is 6. The van der Waals surface area contributed by atoms with Crippen LogP contribution in [0.4, 0.5) is 5.69 Å². The molecule has 0 aliphatic heterocycles. The maximum atomic E-state index is 12.0. The number of hydrogen-bond acceptors (Lipinski definition) is 4. The van der Waals surface area contributed by atoms with Gasteiger partial charge in [-0.2, -0.15) is 5.10 Å². The summed E-state index contributed by atoms with van der Waals surface area (Å²) in [5.74, 6) is 0. The van der Waals surface area contributed by atoms with Crippen LogP contribution in [0.1, 0.15) is 33.1 Å². The van der Waals surface area contributed by atoms with Gasteiger partial charge in [0.1, 0.15) is 4.47 Å². The van der Waals surface area contributed by atoms with Crippen LogP contribution < -0.4 is 10.9 Å². The molecule has 106 valence electrons. The molecule has 1 heterocycles. The predicted octanol–water partition coefficient (Wildman–Crippen LogP) is 2.40. The van der Waals surface area contributed by atoms with Gasteiger partial charge in [-0.05, 0) is 42.1 Å². The highest BCUT2D eigenvalue weighted by atomic mass is 79.9. The number of halogens is 1. The molecule has 0 radical (unpaired) electrons. The van der Waals surface area contributed by atoms with Gasteiger partial charge >= 0.3 is 0 Å². The molecule has 0 amide bonds. The Morgan fingerprint density at radius 1 is 1.53 bits per heavy atom. The summed E-state index contributed by atoms with van der Waals surface area (Å²) in [5, 5.41) is 7.52. The summed E-state index contributed by atoms with van der Waals surface area (Å²) in [4.78, 5) is 12.0. The molecular weight excluding hydrogens is 310 g/mol. The number of nitrogens with one attached hydrogen (secondary N) is 1. The molecule has 0 unspecified atom stereocenters. The minimum atomic E-state index is -0.0764. The van der Waals surface area contributed by atoms with Crippen molar-refractivity contribution >= 4 is 21.6 Å². The minimum absolute atomic E-state index is 0.0764. The topological polar surface area (TPSA) is 56.1 Å². The van der Waals surface area contributed by atoms with Gasteiger partial charge in [0.25, 0.3) is 5.56 Å². The molecule has 1 aliphatic carbocycles. The number of ether oxygens (including phenoxy) is 1. The predicted molar refractivity (Wildman–Crippen MR) is 78.5 cm³/mol. The molecule has 1 aromatic heterocycles. The van der Waals surface area contributed by atoms with Gasteiger partial charge in [0.2, 0.25) is 0 Å². The van der Waals surface area contributed by atoms with E-state index in [0.29, 0.717) is 23.2 Å². The van der Waals surface area contributed by atoms with Crippen molar-refractivity contribution in [3.63, 3.8) is 0 Å². The third-order valence-electron chi connectivity index (χ3n) is 3.28. The van der Waals surface area contributed by atoms with Gasteiger partial charge in [-0.15, -0.1) is 0 Å². The lowest BCUT2D eigenvalue weighted by Crippen LogP contribution is -2.41. The Morgan fingerprint density at radius 3 is 2.89 bits per heavy atom. The molecule has 19 heavy (non-hydrogen) atoms. The summed E-state index contributed by atoms with van der Waals surface area (Å²) in [6.45, 7) is 5.44. The Bertz CT molecular complexity index is 483. The lowest BCUT2D eigenvalue weighted by molar-refractivity contribution is 0.00297. The van der Waals surface area contributed by atoms with Crippen LogP contribution in [0.25, 0.3) is 0 Å². The fourth-order valence-corrected chi connectivity index (χ4v) is 2.63. The van der Waals surface area contributed by atoms with Crippen LogP contribution in [0.3, 0.4) is 0 Å². The average Bonchev–Trinajstić information content (AvgIpc) is 2.35. The van der Waals surface area contributed by atoms with Crippen molar-refractivity contribution in [1.82, 2.24) is 9.78 Å². The third kappa shape index (κ3) is 3.36. The first-order valence-electron chi connectivity index (χ1n) is 6.79. The molecule has 0 bridgehead atoms. The van der Waals surface area contributed by atoms with Crippen LogP contribution in [0.5, 0.6) is 0 Å². The Labute approximate surface area is 121 Å². The van der Waals surface area contributed by atoms with E-state index in [4.69, 9.17) is 4.74 Å². The van der Waals surface area contributed by atoms with E-state index >= 15 is 0 Å². The van der Waals surface area contributed by atoms with E-state index in [1.54, 1.807) is 6.20 Å². The van der Waals surface area contributed by atoms with Gasteiger partial charge in [-0.25, -0.2) is 4.68 Å². The second-order valence-corrected chi connectivity index (χ2v) is 5.58. The molecule has 0 atom stereocenters. The maximum absolute atomic E-state index is 12.0. The Hall–Kier alpha value is -0.880. The van der Waals surface area contributed by atoms with Crippen LogP contribution in [-0.2, 0) is 11.3 Å². The van der Waals surface area contributed by atoms with Crippen molar-refractivity contribution in [3.8, 4) is 0 Å². The molecule has 0 saturated heterocycles. The first-order valence-corrected chi connectivity index (χ1v) is 7.58. The molecular formula is C13H20BrN3O2.